The Hall–Kier alpha value is -2.56. The first-order chi connectivity index (χ1) is 8.74. The Morgan fingerprint density at radius 1 is 1.17 bits per heavy atom. The van der Waals surface area contributed by atoms with Gasteiger partial charge in [0.2, 0.25) is 5.88 Å². The van der Waals surface area contributed by atoms with Gasteiger partial charge in [0.1, 0.15) is 12.1 Å². The van der Waals surface area contributed by atoms with Gasteiger partial charge < -0.3 is 4.74 Å². The number of benzene rings is 1. The highest BCUT2D eigenvalue weighted by molar-refractivity contribution is 6.20. The summed E-state index contributed by atoms with van der Waals surface area (Å²) in [6.45, 7) is 1.80. The third-order valence-electron chi connectivity index (χ3n) is 2.66. The van der Waals surface area contributed by atoms with E-state index in [0.717, 1.165) is 5.56 Å². The van der Waals surface area contributed by atoms with Gasteiger partial charge in [0, 0.05) is 23.5 Å². The summed E-state index contributed by atoms with van der Waals surface area (Å²) in [5.74, 6) is 0.886. The molecular formula is C13H9N3O2. The van der Waals surface area contributed by atoms with E-state index in [1.54, 1.807) is 37.4 Å². The molecule has 0 bridgehead atoms. The van der Waals surface area contributed by atoms with Crippen molar-refractivity contribution in [3.8, 4) is 11.6 Å². The molecule has 0 radical (unpaired) electrons. The van der Waals surface area contributed by atoms with E-state index in [4.69, 9.17) is 4.74 Å². The van der Waals surface area contributed by atoms with Crippen molar-refractivity contribution >= 4 is 11.6 Å². The number of fused-ring (bicyclic) bond motifs is 1. The number of carbonyl (C=O) groups is 1. The minimum atomic E-state index is -0.198. The Kier molecular flexibility index (Phi) is 2.37. The Bertz CT molecular complexity index is 651. The molecule has 0 N–H and O–H groups in total. The molecule has 1 aromatic carbocycles. The summed E-state index contributed by atoms with van der Waals surface area (Å²) in [4.78, 5) is 23.2. The highest BCUT2D eigenvalue weighted by Gasteiger charge is 2.20. The van der Waals surface area contributed by atoms with E-state index in [9.17, 15) is 4.79 Å². The number of aromatic nitrogens is 2. The van der Waals surface area contributed by atoms with E-state index in [0.29, 0.717) is 22.9 Å². The predicted octanol–water partition coefficient (Wildman–Crippen LogP) is 2.23. The molecule has 0 spiro atoms. The van der Waals surface area contributed by atoms with Crippen LogP contribution in [0.4, 0.5) is 0 Å². The number of hydrogen-bond donors (Lipinski definition) is 0. The van der Waals surface area contributed by atoms with Crippen LogP contribution in [0.15, 0.2) is 41.8 Å². The Morgan fingerprint density at radius 3 is 2.83 bits per heavy atom. The Balaban J connectivity index is 1.95. The smallest absolute Gasteiger partial charge is 0.277 e. The van der Waals surface area contributed by atoms with Gasteiger partial charge in [-0.2, -0.15) is 0 Å². The van der Waals surface area contributed by atoms with Crippen LogP contribution in [-0.2, 0) is 0 Å². The van der Waals surface area contributed by atoms with Gasteiger partial charge in [-0.25, -0.2) is 15.0 Å². The lowest BCUT2D eigenvalue weighted by atomic mass is 10.1. The summed E-state index contributed by atoms with van der Waals surface area (Å²) >= 11 is 0. The van der Waals surface area contributed by atoms with Crippen LogP contribution >= 0.6 is 0 Å². The molecule has 1 aromatic heterocycles. The molecule has 5 nitrogen and oxygen atoms in total. The molecule has 18 heavy (non-hydrogen) atoms. The van der Waals surface area contributed by atoms with E-state index < -0.39 is 0 Å². The van der Waals surface area contributed by atoms with Crippen LogP contribution in [0.5, 0.6) is 11.6 Å². The third-order valence-corrected chi connectivity index (χ3v) is 2.66. The van der Waals surface area contributed by atoms with E-state index in [1.165, 1.54) is 6.33 Å². The number of ether oxygens (including phenoxy) is 1. The van der Waals surface area contributed by atoms with E-state index in [-0.39, 0.29) is 5.91 Å². The van der Waals surface area contributed by atoms with E-state index in [2.05, 4.69) is 15.0 Å². The molecule has 1 aliphatic heterocycles. The van der Waals surface area contributed by atoms with Crippen LogP contribution in [0.25, 0.3) is 0 Å². The number of carbonyl (C=O) groups excluding carboxylic acids is 1. The third kappa shape index (κ3) is 1.75. The van der Waals surface area contributed by atoms with Gasteiger partial charge in [-0.15, -0.1) is 0 Å². The standard InChI is InChI=1S/C13H9N3O2/c1-8-11-6-9(2-3-10(11)13(17)16-8)18-12-4-5-14-7-15-12/h2-7H,1H3. The van der Waals surface area contributed by atoms with Crippen LogP contribution < -0.4 is 4.74 Å². The molecule has 0 saturated carbocycles. The van der Waals surface area contributed by atoms with Gasteiger partial charge in [-0.3, -0.25) is 4.79 Å². The van der Waals surface area contributed by atoms with Crippen LogP contribution in [0.3, 0.4) is 0 Å². The lowest BCUT2D eigenvalue weighted by Gasteiger charge is -2.05. The summed E-state index contributed by atoms with van der Waals surface area (Å²) < 4.78 is 5.57. The number of aliphatic imine (C=N–C) groups is 1. The Labute approximate surface area is 103 Å². The molecule has 0 saturated heterocycles. The monoisotopic (exact) mass is 239 g/mol. The van der Waals surface area contributed by atoms with Crippen LogP contribution in [0.2, 0.25) is 0 Å². The first-order valence-electron chi connectivity index (χ1n) is 5.42. The van der Waals surface area contributed by atoms with Crippen molar-refractivity contribution in [1.82, 2.24) is 9.97 Å². The summed E-state index contributed by atoms with van der Waals surface area (Å²) in [6.07, 6.45) is 3.02. The average molecular weight is 239 g/mol. The number of hydrogen-bond acceptors (Lipinski definition) is 4. The van der Waals surface area contributed by atoms with Crippen molar-refractivity contribution in [3.05, 3.63) is 47.9 Å². The fourth-order valence-electron chi connectivity index (χ4n) is 1.81. The second-order valence-electron chi connectivity index (χ2n) is 3.86. The van der Waals surface area contributed by atoms with E-state index in [1.807, 2.05) is 0 Å². The zero-order chi connectivity index (χ0) is 12.5. The van der Waals surface area contributed by atoms with Gasteiger partial charge in [-0.1, -0.05) is 0 Å². The second-order valence-corrected chi connectivity index (χ2v) is 3.86. The lowest BCUT2D eigenvalue weighted by molar-refractivity contribution is 0.101. The molecule has 0 fully saturated rings. The van der Waals surface area contributed by atoms with Crippen molar-refractivity contribution in [2.75, 3.05) is 0 Å². The van der Waals surface area contributed by atoms with Crippen LogP contribution in [-0.4, -0.2) is 21.6 Å². The van der Waals surface area contributed by atoms with Crippen molar-refractivity contribution in [3.63, 3.8) is 0 Å². The topological polar surface area (TPSA) is 64.4 Å². The van der Waals surface area contributed by atoms with Crippen molar-refractivity contribution < 1.29 is 9.53 Å². The maximum absolute atomic E-state index is 11.5. The molecule has 0 unspecified atom stereocenters. The predicted molar refractivity (Wildman–Crippen MR) is 65.1 cm³/mol. The molecule has 5 heteroatoms. The van der Waals surface area contributed by atoms with Crippen molar-refractivity contribution in [2.24, 2.45) is 4.99 Å². The van der Waals surface area contributed by atoms with Crippen LogP contribution in [0, 0.1) is 0 Å². The molecule has 2 aromatic rings. The number of nitrogens with zero attached hydrogens (tertiary/aromatic N) is 3. The molecular weight excluding hydrogens is 230 g/mol. The second kappa shape index (κ2) is 4.03. The van der Waals surface area contributed by atoms with Gasteiger partial charge in [0.05, 0.1) is 5.56 Å². The van der Waals surface area contributed by atoms with Crippen molar-refractivity contribution in [2.45, 2.75) is 6.92 Å². The average Bonchev–Trinajstić information content (AvgIpc) is 2.66. The molecule has 1 aliphatic rings. The molecule has 88 valence electrons. The zero-order valence-electron chi connectivity index (χ0n) is 9.62. The first-order valence-corrected chi connectivity index (χ1v) is 5.42. The maximum atomic E-state index is 11.5. The minimum Gasteiger partial charge on any atom is -0.439 e. The number of amides is 1. The normalized spacial score (nSPS) is 13.2. The maximum Gasteiger partial charge on any atom is 0.277 e. The van der Waals surface area contributed by atoms with Gasteiger partial charge >= 0.3 is 0 Å². The molecule has 0 aliphatic carbocycles. The summed E-state index contributed by atoms with van der Waals surface area (Å²) in [5.41, 5.74) is 2.14. The SMILES string of the molecule is CC1=NC(=O)c2ccc(Oc3ccncn3)cc21. The lowest BCUT2D eigenvalue weighted by Crippen LogP contribution is -1.95. The van der Waals surface area contributed by atoms with Gasteiger partial charge in [0.25, 0.3) is 5.91 Å². The quantitative estimate of drug-likeness (QED) is 0.806. The summed E-state index contributed by atoms with van der Waals surface area (Å²) in [6, 6.07) is 6.90. The van der Waals surface area contributed by atoms with Crippen LogP contribution in [0.1, 0.15) is 22.8 Å². The van der Waals surface area contributed by atoms with E-state index >= 15 is 0 Å². The fourth-order valence-corrected chi connectivity index (χ4v) is 1.81. The molecule has 0 atom stereocenters. The summed E-state index contributed by atoms with van der Waals surface area (Å²) in [5, 5.41) is 0. The Morgan fingerprint density at radius 2 is 2.06 bits per heavy atom. The first kappa shape index (κ1) is 10.6. The summed E-state index contributed by atoms with van der Waals surface area (Å²) in [7, 11) is 0. The highest BCUT2D eigenvalue weighted by atomic mass is 16.5. The molecule has 2 heterocycles. The largest absolute Gasteiger partial charge is 0.439 e. The molecule has 3 rings (SSSR count). The fraction of sp³-hybridized carbons (Fsp3) is 0.0769. The zero-order valence-corrected chi connectivity index (χ0v) is 9.62. The molecule has 1 amide bonds. The number of rotatable bonds is 2. The van der Waals surface area contributed by atoms with Gasteiger partial charge in [-0.05, 0) is 25.1 Å². The van der Waals surface area contributed by atoms with Gasteiger partial charge in [0.15, 0.2) is 0 Å². The highest BCUT2D eigenvalue weighted by Crippen LogP contribution is 2.26. The van der Waals surface area contributed by atoms with Crippen molar-refractivity contribution in [1.29, 1.82) is 0 Å². The minimum absolute atomic E-state index is 0.198.